The number of benzene rings is 3. The molecule has 0 radical (unpaired) electrons. The maximum atomic E-state index is 14.7. The third-order valence-electron chi connectivity index (χ3n) is 5.64. The van der Waals surface area contributed by atoms with Crippen molar-refractivity contribution in [1.29, 1.82) is 0 Å². The fourth-order valence-corrected chi connectivity index (χ4v) is 3.90. The van der Waals surface area contributed by atoms with Gasteiger partial charge in [0.05, 0.1) is 12.2 Å². The summed E-state index contributed by atoms with van der Waals surface area (Å²) < 4.78 is 72.2. The van der Waals surface area contributed by atoms with Crippen molar-refractivity contribution in [1.82, 2.24) is 10.1 Å². The number of aryl methyl sites for hydroxylation is 1. The van der Waals surface area contributed by atoms with Crippen LogP contribution in [-0.2, 0) is 27.1 Å². The van der Waals surface area contributed by atoms with Gasteiger partial charge in [0.1, 0.15) is 18.0 Å². The summed E-state index contributed by atoms with van der Waals surface area (Å²) in [5, 5.41) is 3.81. The maximum Gasteiger partial charge on any atom is 0.417 e. The highest BCUT2D eigenvalue weighted by molar-refractivity contribution is 5.74. The van der Waals surface area contributed by atoms with E-state index in [0.717, 1.165) is 12.1 Å². The van der Waals surface area contributed by atoms with E-state index in [2.05, 4.69) is 10.1 Å². The molecule has 1 aromatic heterocycles. The van der Waals surface area contributed by atoms with E-state index in [1.807, 2.05) is 0 Å². The van der Waals surface area contributed by atoms with Crippen LogP contribution in [-0.4, -0.2) is 28.3 Å². The molecule has 0 aliphatic rings. The Labute approximate surface area is 222 Å². The van der Waals surface area contributed by atoms with Crippen molar-refractivity contribution in [2.24, 2.45) is 0 Å². The molecule has 0 atom stereocenters. The molecule has 0 bridgehead atoms. The van der Waals surface area contributed by atoms with E-state index in [4.69, 9.17) is 14.0 Å². The number of hydrogen-bond acceptors (Lipinski definition) is 6. The first-order valence-corrected chi connectivity index (χ1v) is 12.0. The first kappa shape index (κ1) is 28.0. The van der Waals surface area contributed by atoms with E-state index in [9.17, 15) is 22.4 Å². The van der Waals surface area contributed by atoms with Crippen molar-refractivity contribution in [2.75, 3.05) is 6.61 Å². The predicted octanol–water partition coefficient (Wildman–Crippen LogP) is 7.40. The van der Waals surface area contributed by atoms with Crippen LogP contribution in [0.25, 0.3) is 34.0 Å². The monoisotopic (exact) mass is 542 g/mol. The molecule has 0 saturated carbocycles. The molecule has 0 fully saturated rings. The van der Waals surface area contributed by atoms with Gasteiger partial charge in [-0.1, -0.05) is 47.6 Å². The molecular weight excluding hydrogens is 516 g/mol. The molecule has 3 aromatic carbocycles. The minimum absolute atomic E-state index is 0.00154. The highest BCUT2D eigenvalue weighted by Crippen LogP contribution is 2.40. The predicted molar refractivity (Wildman–Crippen MR) is 136 cm³/mol. The fourth-order valence-electron chi connectivity index (χ4n) is 3.90. The van der Waals surface area contributed by atoms with Crippen LogP contribution in [0.3, 0.4) is 0 Å². The molecule has 1 heterocycles. The Morgan fingerprint density at radius 1 is 0.949 bits per heavy atom. The first-order chi connectivity index (χ1) is 18.3. The molecule has 0 amide bonds. The second kappa shape index (κ2) is 11.0. The molecule has 0 aliphatic carbocycles. The van der Waals surface area contributed by atoms with Gasteiger partial charge in [0, 0.05) is 16.7 Å². The van der Waals surface area contributed by atoms with Gasteiger partial charge in [-0.3, -0.25) is 0 Å². The molecule has 0 spiro atoms. The Morgan fingerprint density at radius 2 is 1.67 bits per heavy atom. The average molecular weight is 543 g/mol. The number of nitrogens with zero attached hydrogens (tertiary/aromatic N) is 2. The molecule has 0 N–H and O–H groups in total. The SMILES string of the molecule is Cc1ccccc1-c1ccc(-c2nc(-c3ccc(COCC(=O)OC(C)(C)C)c(F)c3)no2)cc1C(F)(F)F. The van der Waals surface area contributed by atoms with Gasteiger partial charge in [0.15, 0.2) is 0 Å². The van der Waals surface area contributed by atoms with E-state index in [1.165, 1.54) is 24.3 Å². The zero-order valence-corrected chi connectivity index (χ0v) is 21.7. The largest absolute Gasteiger partial charge is 0.458 e. The highest BCUT2D eigenvalue weighted by Gasteiger charge is 2.34. The summed E-state index contributed by atoms with van der Waals surface area (Å²) in [7, 11) is 0. The van der Waals surface area contributed by atoms with Gasteiger partial charge in [-0.15, -0.1) is 0 Å². The zero-order chi connectivity index (χ0) is 28.4. The van der Waals surface area contributed by atoms with Crippen molar-refractivity contribution < 1.29 is 36.4 Å². The zero-order valence-electron chi connectivity index (χ0n) is 21.7. The molecule has 0 unspecified atom stereocenters. The van der Waals surface area contributed by atoms with Crippen LogP contribution < -0.4 is 0 Å². The summed E-state index contributed by atoms with van der Waals surface area (Å²) in [4.78, 5) is 15.9. The number of alkyl halides is 3. The van der Waals surface area contributed by atoms with E-state index in [-0.39, 0.29) is 47.2 Å². The van der Waals surface area contributed by atoms with Crippen LogP contribution in [0.5, 0.6) is 0 Å². The lowest BCUT2D eigenvalue weighted by Crippen LogP contribution is -2.26. The Balaban J connectivity index is 1.53. The minimum atomic E-state index is -4.62. The molecule has 0 saturated heterocycles. The van der Waals surface area contributed by atoms with Crippen LogP contribution in [0.4, 0.5) is 17.6 Å². The number of esters is 1. The van der Waals surface area contributed by atoms with Crippen molar-refractivity contribution in [2.45, 2.75) is 46.1 Å². The lowest BCUT2D eigenvalue weighted by atomic mass is 9.94. The molecule has 4 rings (SSSR count). The van der Waals surface area contributed by atoms with E-state index >= 15 is 0 Å². The summed E-state index contributed by atoms with van der Waals surface area (Å²) >= 11 is 0. The smallest absolute Gasteiger partial charge is 0.417 e. The Morgan fingerprint density at radius 3 is 2.33 bits per heavy atom. The van der Waals surface area contributed by atoms with Crippen molar-refractivity contribution in [3.05, 3.63) is 83.2 Å². The first-order valence-electron chi connectivity index (χ1n) is 12.0. The molecule has 0 aliphatic heterocycles. The Bertz CT molecular complexity index is 1490. The number of aromatic nitrogens is 2. The van der Waals surface area contributed by atoms with Gasteiger partial charge in [0.2, 0.25) is 5.82 Å². The molecule has 6 nitrogen and oxygen atoms in total. The van der Waals surface area contributed by atoms with Gasteiger partial charge in [-0.25, -0.2) is 9.18 Å². The van der Waals surface area contributed by atoms with Crippen LogP contribution in [0.1, 0.15) is 37.5 Å². The number of carbonyl (C=O) groups is 1. The third kappa shape index (κ3) is 6.88. The van der Waals surface area contributed by atoms with Gasteiger partial charge in [0.25, 0.3) is 5.89 Å². The average Bonchev–Trinajstić information content (AvgIpc) is 3.34. The van der Waals surface area contributed by atoms with Crippen molar-refractivity contribution in [3.63, 3.8) is 0 Å². The molecular formula is C29H26F4N2O4. The van der Waals surface area contributed by atoms with Crippen molar-refractivity contribution in [3.8, 4) is 34.0 Å². The van der Waals surface area contributed by atoms with Gasteiger partial charge in [-0.2, -0.15) is 18.2 Å². The summed E-state index contributed by atoms with van der Waals surface area (Å²) in [6, 6.07) is 14.7. The van der Waals surface area contributed by atoms with E-state index < -0.39 is 29.1 Å². The number of hydrogen-bond donors (Lipinski definition) is 0. The lowest BCUT2D eigenvalue weighted by molar-refractivity contribution is -0.160. The quantitative estimate of drug-likeness (QED) is 0.179. The van der Waals surface area contributed by atoms with Crippen LogP contribution >= 0.6 is 0 Å². The summed E-state index contributed by atoms with van der Waals surface area (Å²) in [5.74, 6) is -1.34. The minimum Gasteiger partial charge on any atom is -0.458 e. The molecule has 10 heteroatoms. The van der Waals surface area contributed by atoms with Gasteiger partial charge < -0.3 is 14.0 Å². The van der Waals surface area contributed by atoms with Crippen LogP contribution in [0.15, 0.2) is 65.2 Å². The number of ether oxygens (including phenoxy) is 2. The summed E-state index contributed by atoms with van der Waals surface area (Å²) in [6.45, 7) is 6.41. The van der Waals surface area contributed by atoms with Gasteiger partial charge >= 0.3 is 12.1 Å². The number of carbonyl (C=O) groups excluding carboxylic acids is 1. The summed E-state index contributed by atoms with van der Waals surface area (Å²) in [6.07, 6.45) is -4.62. The number of halogens is 4. The standard InChI is InChI=1S/C29H26F4N2O4/c1-17-7-5-6-8-21(17)22-12-11-19(13-23(22)29(31,32)33)27-34-26(35-39-27)18-9-10-20(24(30)14-18)15-37-16-25(36)38-28(2,3)4/h5-14H,15-16H2,1-4H3. The Kier molecular flexibility index (Phi) is 7.87. The highest BCUT2D eigenvalue weighted by atomic mass is 19.4. The molecule has 4 aromatic rings. The topological polar surface area (TPSA) is 74.5 Å². The number of rotatable bonds is 7. The maximum absolute atomic E-state index is 14.7. The summed E-state index contributed by atoms with van der Waals surface area (Å²) in [5.41, 5.74) is 0.231. The third-order valence-corrected chi connectivity index (χ3v) is 5.64. The van der Waals surface area contributed by atoms with Crippen LogP contribution in [0, 0.1) is 12.7 Å². The Hall–Kier alpha value is -4.05. The lowest BCUT2D eigenvalue weighted by Gasteiger charge is -2.19. The van der Waals surface area contributed by atoms with Crippen molar-refractivity contribution >= 4 is 5.97 Å². The second-order valence-corrected chi connectivity index (χ2v) is 9.88. The second-order valence-electron chi connectivity index (χ2n) is 9.88. The van der Waals surface area contributed by atoms with E-state index in [1.54, 1.807) is 52.0 Å². The fraction of sp³-hybridized carbons (Fsp3) is 0.276. The van der Waals surface area contributed by atoms with Gasteiger partial charge in [-0.05, 0) is 62.6 Å². The van der Waals surface area contributed by atoms with Crippen LogP contribution in [0.2, 0.25) is 0 Å². The molecule has 204 valence electrons. The molecule has 39 heavy (non-hydrogen) atoms. The normalized spacial score (nSPS) is 12.0. The van der Waals surface area contributed by atoms with E-state index in [0.29, 0.717) is 11.1 Å².